The number of hydrogen-bond donors (Lipinski definition) is 3. The highest BCUT2D eigenvalue weighted by Crippen LogP contribution is 1.73. The van der Waals surface area contributed by atoms with E-state index in [0.717, 1.165) is 26.1 Å². The van der Waals surface area contributed by atoms with E-state index in [4.69, 9.17) is 0 Å². The fourth-order valence-electron chi connectivity index (χ4n) is 0.678. The van der Waals surface area contributed by atoms with Crippen molar-refractivity contribution in [1.82, 2.24) is 0 Å². The first-order valence-corrected chi connectivity index (χ1v) is 4.05. The maximum atomic E-state index is 3.76. The fourth-order valence-corrected chi connectivity index (χ4v) is 0.678. The van der Waals surface area contributed by atoms with Gasteiger partial charge in [0, 0.05) is 12.8 Å². The van der Waals surface area contributed by atoms with E-state index in [1.54, 1.807) is 0 Å². The fraction of sp³-hybridized carbons (Fsp3) is 0.857. The lowest BCUT2D eigenvalue weighted by Crippen LogP contribution is -2.70. The molecule has 0 aliphatic carbocycles. The van der Waals surface area contributed by atoms with Crippen LogP contribution in [0.3, 0.4) is 0 Å². The second-order valence-corrected chi connectivity index (χ2v) is 2.36. The molecular formula is C7H20N3+3. The molecule has 3 nitrogen and oxygen atoms in total. The van der Waals surface area contributed by atoms with Crippen LogP contribution in [0.4, 0.5) is 0 Å². The maximum Gasteiger partial charge on any atom is 0.145 e. The van der Waals surface area contributed by atoms with Crippen molar-refractivity contribution in [2.45, 2.75) is 19.3 Å². The lowest BCUT2D eigenvalue weighted by molar-refractivity contribution is -0.465. The van der Waals surface area contributed by atoms with Crippen molar-refractivity contribution in [3.63, 3.8) is 0 Å². The quantitative estimate of drug-likeness (QED) is 0.261. The second kappa shape index (κ2) is 8.59. The number of unbranched alkanes of at least 4 members (excludes halogenated alkanes) is 1. The zero-order valence-corrected chi connectivity index (χ0v) is 6.73. The standard InChI is InChI=1S/C7H17N3/c8-4-1-2-6-10-7-3-5-9/h6H,1-5,7-9H2/p+3. The summed E-state index contributed by atoms with van der Waals surface area (Å²) in [5.41, 5.74) is 7.52. The van der Waals surface area contributed by atoms with Gasteiger partial charge in [0.25, 0.3) is 0 Å². The summed E-state index contributed by atoms with van der Waals surface area (Å²) in [7, 11) is 0. The van der Waals surface area contributed by atoms with Crippen LogP contribution in [0.1, 0.15) is 19.3 Å². The third kappa shape index (κ3) is 7.59. The van der Waals surface area contributed by atoms with Crippen LogP contribution in [0.5, 0.6) is 0 Å². The van der Waals surface area contributed by atoms with Crippen molar-refractivity contribution in [1.29, 1.82) is 0 Å². The van der Waals surface area contributed by atoms with Crippen molar-refractivity contribution < 1.29 is 16.5 Å². The summed E-state index contributed by atoms with van der Waals surface area (Å²) >= 11 is 0. The van der Waals surface area contributed by atoms with E-state index in [1.807, 2.05) is 0 Å². The smallest absolute Gasteiger partial charge is 0.145 e. The third-order valence-corrected chi connectivity index (χ3v) is 1.31. The van der Waals surface area contributed by atoms with E-state index in [-0.39, 0.29) is 0 Å². The van der Waals surface area contributed by atoms with E-state index in [0.29, 0.717) is 0 Å². The van der Waals surface area contributed by atoms with Crippen LogP contribution < -0.4 is 16.5 Å². The van der Waals surface area contributed by atoms with Gasteiger partial charge in [-0.25, -0.2) is 0 Å². The Morgan fingerprint density at radius 3 is 2.40 bits per heavy atom. The van der Waals surface area contributed by atoms with Gasteiger partial charge in [-0.3, -0.25) is 4.99 Å². The van der Waals surface area contributed by atoms with Gasteiger partial charge in [0.2, 0.25) is 0 Å². The molecule has 0 aliphatic rings. The number of quaternary nitrogens is 2. The highest BCUT2D eigenvalue weighted by atomic mass is 14.7. The molecule has 0 aliphatic heterocycles. The van der Waals surface area contributed by atoms with Gasteiger partial charge in [0.15, 0.2) is 0 Å². The lowest BCUT2D eigenvalue weighted by atomic mass is 10.3. The highest BCUT2D eigenvalue weighted by molar-refractivity contribution is 5.49. The minimum Gasteiger partial charge on any atom is -0.358 e. The molecule has 0 spiro atoms. The summed E-state index contributed by atoms with van der Waals surface area (Å²) in [5.74, 6) is 0. The molecule has 0 rings (SSSR count). The largest absolute Gasteiger partial charge is 0.358 e. The van der Waals surface area contributed by atoms with Gasteiger partial charge in [0.1, 0.15) is 12.8 Å². The molecule has 0 unspecified atom stereocenters. The summed E-state index contributed by atoms with van der Waals surface area (Å²) in [4.78, 5) is 3.23. The van der Waals surface area contributed by atoms with Crippen molar-refractivity contribution in [3.05, 3.63) is 0 Å². The molecule has 10 heavy (non-hydrogen) atoms. The summed E-state index contributed by atoms with van der Waals surface area (Å²) < 4.78 is 0. The molecule has 0 saturated heterocycles. The molecule has 7 N–H and O–H groups in total. The molecule has 0 aromatic carbocycles. The molecular weight excluding hydrogens is 126 g/mol. The second-order valence-electron chi connectivity index (χ2n) is 2.36. The summed E-state index contributed by atoms with van der Waals surface area (Å²) in [6, 6.07) is 0. The predicted octanol–water partition coefficient (Wildman–Crippen LogP) is -3.21. The number of nitrogens with one attached hydrogen (secondary N) is 1. The molecule has 0 radical (unpaired) electrons. The van der Waals surface area contributed by atoms with E-state index in [2.05, 4.69) is 22.7 Å². The Labute approximate surface area is 62.5 Å². The molecule has 0 heterocycles. The minimum atomic E-state index is 1.02. The molecule has 60 valence electrons. The monoisotopic (exact) mass is 146 g/mol. The average Bonchev–Trinajstić information content (AvgIpc) is 1.97. The van der Waals surface area contributed by atoms with Crippen LogP contribution >= 0.6 is 0 Å². The van der Waals surface area contributed by atoms with Crippen molar-refractivity contribution >= 4 is 6.21 Å². The first-order valence-electron chi connectivity index (χ1n) is 4.05. The lowest BCUT2D eigenvalue weighted by Gasteiger charge is -1.83. The average molecular weight is 146 g/mol. The number of rotatable bonds is 6. The Hall–Kier alpha value is -0.410. The Morgan fingerprint density at radius 2 is 1.80 bits per heavy atom. The van der Waals surface area contributed by atoms with E-state index >= 15 is 0 Å². The highest BCUT2D eigenvalue weighted by Gasteiger charge is 1.86. The van der Waals surface area contributed by atoms with Crippen molar-refractivity contribution in [2.75, 3.05) is 19.6 Å². The Balaban J connectivity index is 2.89. The Bertz CT molecular complexity index is 70.9. The van der Waals surface area contributed by atoms with Gasteiger partial charge in [-0.1, -0.05) is 0 Å². The Kier molecular flexibility index (Phi) is 8.24. The zero-order chi connectivity index (χ0) is 7.66. The number of hydrogen-bond acceptors (Lipinski definition) is 0. The molecule has 0 saturated carbocycles. The molecule has 0 bridgehead atoms. The molecule has 0 aromatic rings. The van der Waals surface area contributed by atoms with Crippen LogP contribution in [0.2, 0.25) is 0 Å². The van der Waals surface area contributed by atoms with Gasteiger partial charge < -0.3 is 11.5 Å². The van der Waals surface area contributed by atoms with E-state index in [1.165, 1.54) is 12.8 Å². The third-order valence-electron chi connectivity index (χ3n) is 1.31. The predicted molar refractivity (Wildman–Crippen MR) is 41.3 cm³/mol. The van der Waals surface area contributed by atoms with Gasteiger partial charge in [-0.2, -0.15) is 0 Å². The van der Waals surface area contributed by atoms with E-state index < -0.39 is 0 Å². The normalized spacial score (nSPS) is 11.0. The van der Waals surface area contributed by atoms with Crippen LogP contribution in [0, 0.1) is 0 Å². The molecule has 3 heteroatoms. The van der Waals surface area contributed by atoms with Crippen LogP contribution in [-0.4, -0.2) is 25.8 Å². The molecule has 0 amide bonds. The van der Waals surface area contributed by atoms with Gasteiger partial charge >= 0.3 is 0 Å². The molecule has 0 aromatic heterocycles. The Morgan fingerprint density at radius 1 is 1.10 bits per heavy atom. The van der Waals surface area contributed by atoms with Crippen LogP contribution in [0.25, 0.3) is 0 Å². The van der Waals surface area contributed by atoms with Gasteiger partial charge in [0.05, 0.1) is 19.5 Å². The minimum absolute atomic E-state index is 1.02. The maximum absolute atomic E-state index is 3.76. The van der Waals surface area contributed by atoms with Gasteiger partial charge in [-0.05, 0) is 0 Å². The SMILES string of the molecule is [NH3+]CCCC=[NH+]CCC[NH3+]. The molecule has 0 fully saturated rings. The van der Waals surface area contributed by atoms with Gasteiger partial charge in [-0.15, -0.1) is 0 Å². The van der Waals surface area contributed by atoms with Crippen LogP contribution in [-0.2, 0) is 0 Å². The summed E-state index contributed by atoms with van der Waals surface area (Å²) in [6.45, 7) is 3.13. The zero-order valence-electron chi connectivity index (χ0n) is 6.73. The van der Waals surface area contributed by atoms with E-state index in [9.17, 15) is 0 Å². The molecule has 0 atom stereocenters. The first-order chi connectivity index (χ1) is 4.91. The van der Waals surface area contributed by atoms with Crippen molar-refractivity contribution in [2.24, 2.45) is 0 Å². The topological polar surface area (TPSA) is 69.2 Å². The summed E-state index contributed by atoms with van der Waals surface area (Å²) in [6.07, 6.45) is 5.62. The summed E-state index contributed by atoms with van der Waals surface area (Å²) in [5, 5.41) is 0. The first kappa shape index (κ1) is 9.59. The van der Waals surface area contributed by atoms with Crippen LogP contribution in [0.15, 0.2) is 0 Å². The van der Waals surface area contributed by atoms with Crippen molar-refractivity contribution in [3.8, 4) is 0 Å².